The van der Waals surface area contributed by atoms with Crippen molar-refractivity contribution < 1.29 is 14.3 Å². The summed E-state index contributed by atoms with van der Waals surface area (Å²) in [4.78, 5) is 0. The van der Waals surface area contributed by atoms with Crippen LogP contribution < -0.4 is 10.5 Å². The van der Waals surface area contributed by atoms with Crippen molar-refractivity contribution in [1.29, 1.82) is 0 Å². The lowest BCUT2D eigenvalue weighted by molar-refractivity contribution is 0.318. The van der Waals surface area contributed by atoms with Crippen molar-refractivity contribution in [2.24, 2.45) is 10.9 Å². The van der Waals surface area contributed by atoms with Crippen molar-refractivity contribution in [3.8, 4) is 11.5 Å². The van der Waals surface area contributed by atoms with Gasteiger partial charge in [-0.3, -0.25) is 0 Å². The lowest BCUT2D eigenvalue weighted by Gasteiger charge is -2.14. The van der Waals surface area contributed by atoms with Crippen LogP contribution >= 0.6 is 0 Å². The van der Waals surface area contributed by atoms with Crippen LogP contribution in [0.1, 0.15) is 22.3 Å². The van der Waals surface area contributed by atoms with E-state index in [2.05, 4.69) is 5.16 Å². The molecule has 4 nitrogen and oxygen atoms in total. The van der Waals surface area contributed by atoms with Crippen LogP contribution in [0.4, 0.5) is 4.39 Å². The zero-order valence-electron chi connectivity index (χ0n) is 12.1. The molecule has 21 heavy (non-hydrogen) atoms. The number of halogens is 1. The SMILES string of the molecule is Cc1cc(C)c(C)c(Oc2cccc(F)c2C(N)=NO)c1. The molecule has 0 aromatic heterocycles. The molecule has 0 spiro atoms. The zero-order valence-corrected chi connectivity index (χ0v) is 12.1. The number of benzene rings is 2. The predicted octanol–water partition coefficient (Wildman–Crippen LogP) is 3.64. The highest BCUT2D eigenvalue weighted by molar-refractivity contribution is 5.99. The van der Waals surface area contributed by atoms with E-state index in [1.807, 2.05) is 32.9 Å². The Labute approximate surface area is 122 Å². The normalized spacial score (nSPS) is 11.5. The maximum Gasteiger partial charge on any atom is 0.176 e. The van der Waals surface area contributed by atoms with Gasteiger partial charge in [0.1, 0.15) is 17.3 Å². The van der Waals surface area contributed by atoms with Crippen LogP contribution in [-0.4, -0.2) is 11.0 Å². The van der Waals surface area contributed by atoms with Gasteiger partial charge in [0.25, 0.3) is 0 Å². The summed E-state index contributed by atoms with van der Waals surface area (Å²) in [5.41, 5.74) is 8.54. The smallest absolute Gasteiger partial charge is 0.176 e. The predicted molar refractivity (Wildman–Crippen MR) is 79.6 cm³/mol. The van der Waals surface area contributed by atoms with E-state index < -0.39 is 5.82 Å². The first-order valence-electron chi connectivity index (χ1n) is 6.46. The number of hydrogen-bond donors (Lipinski definition) is 2. The third-order valence-corrected chi connectivity index (χ3v) is 3.32. The quantitative estimate of drug-likeness (QED) is 0.392. The van der Waals surface area contributed by atoms with Crippen LogP contribution in [0.2, 0.25) is 0 Å². The molecule has 0 saturated carbocycles. The van der Waals surface area contributed by atoms with Crippen molar-refractivity contribution in [2.75, 3.05) is 0 Å². The van der Waals surface area contributed by atoms with Crippen molar-refractivity contribution in [1.82, 2.24) is 0 Å². The number of nitrogens with two attached hydrogens (primary N) is 1. The molecule has 0 unspecified atom stereocenters. The summed E-state index contributed by atoms with van der Waals surface area (Å²) in [5.74, 6) is -0.113. The van der Waals surface area contributed by atoms with Crippen LogP contribution in [0, 0.1) is 26.6 Å². The van der Waals surface area contributed by atoms with Crippen LogP contribution in [0.3, 0.4) is 0 Å². The minimum Gasteiger partial charge on any atom is -0.456 e. The summed E-state index contributed by atoms with van der Waals surface area (Å²) < 4.78 is 19.7. The average molecular weight is 288 g/mol. The molecule has 0 radical (unpaired) electrons. The number of amidine groups is 1. The zero-order chi connectivity index (χ0) is 15.6. The van der Waals surface area contributed by atoms with E-state index in [4.69, 9.17) is 15.7 Å². The maximum atomic E-state index is 13.9. The standard InChI is InChI=1S/C16H17FN2O2/c1-9-7-10(2)11(3)14(8-9)21-13-6-4-5-12(17)15(13)16(18)19-20/h4-8,20H,1-3H3,(H2,18,19). The van der Waals surface area contributed by atoms with Gasteiger partial charge in [0, 0.05) is 0 Å². The Kier molecular flexibility index (Phi) is 4.12. The minimum atomic E-state index is -0.607. The fraction of sp³-hybridized carbons (Fsp3) is 0.188. The molecular formula is C16H17FN2O2. The van der Waals surface area contributed by atoms with Gasteiger partial charge in [-0.2, -0.15) is 0 Å². The Morgan fingerprint density at radius 3 is 2.57 bits per heavy atom. The molecular weight excluding hydrogens is 271 g/mol. The lowest BCUT2D eigenvalue weighted by atomic mass is 10.1. The van der Waals surface area contributed by atoms with E-state index in [-0.39, 0.29) is 17.1 Å². The third-order valence-electron chi connectivity index (χ3n) is 3.32. The third kappa shape index (κ3) is 2.97. The molecule has 2 aromatic carbocycles. The Balaban J connectivity index is 2.53. The summed E-state index contributed by atoms with van der Waals surface area (Å²) in [6, 6.07) is 8.22. The first-order valence-corrected chi connectivity index (χ1v) is 6.46. The fourth-order valence-corrected chi connectivity index (χ4v) is 2.11. The van der Waals surface area contributed by atoms with Gasteiger partial charge in [0.05, 0.1) is 5.56 Å². The number of rotatable bonds is 3. The Hall–Kier alpha value is -2.56. The summed E-state index contributed by atoms with van der Waals surface area (Å²) in [6.45, 7) is 5.85. The minimum absolute atomic E-state index is 0.0569. The van der Waals surface area contributed by atoms with Crippen molar-refractivity contribution in [2.45, 2.75) is 20.8 Å². The molecule has 0 amide bonds. The number of nitrogens with zero attached hydrogens (tertiary/aromatic N) is 1. The van der Waals surface area contributed by atoms with Crippen LogP contribution in [0.15, 0.2) is 35.5 Å². The summed E-state index contributed by atoms with van der Waals surface area (Å²) in [5, 5.41) is 11.6. The van der Waals surface area contributed by atoms with Crippen molar-refractivity contribution in [3.05, 3.63) is 58.4 Å². The molecule has 0 saturated heterocycles. The van der Waals surface area contributed by atoms with Gasteiger partial charge in [0.2, 0.25) is 0 Å². The van der Waals surface area contributed by atoms with E-state index in [0.717, 1.165) is 16.7 Å². The summed E-state index contributed by atoms with van der Waals surface area (Å²) in [6.07, 6.45) is 0. The second-order valence-corrected chi connectivity index (χ2v) is 4.91. The van der Waals surface area contributed by atoms with E-state index in [1.54, 1.807) is 6.07 Å². The molecule has 0 aliphatic heterocycles. The number of oxime groups is 1. The van der Waals surface area contributed by atoms with Crippen molar-refractivity contribution in [3.63, 3.8) is 0 Å². The van der Waals surface area contributed by atoms with Gasteiger partial charge in [0.15, 0.2) is 5.84 Å². The molecule has 0 bridgehead atoms. The Morgan fingerprint density at radius 1 is 1.19 bits per heavy atom. The monoisotopic (exact) mass is 288 g/mol. The van der Waals surface area contributed by atoms with Crippen LogP contribution in [0.5, 0.6) is 11.5 Å². The Morgan fingerprint density at radius 2 is 1.90 bits per heavy atom. The largest absolute Gasteiger partial charge is 0.456 e. The van der Waals surface area contributed by atoms with Gasteiger partial charge in [-0.1, -0.05) is 17.3 Å². The second-order valence-electron chi connectivity index (χ2n) is 4.91. The number of hydrogen-bond acceptors (Lipinski definition) is 3. The molecule has 0 heterocycles. The van der Waals surface area contributed by atoms with Crippen molar-refractivity contribution >= 4 is 5.84 Å². The summed E-state index contributed by atoms with van der Waals surface area (Å²) >= 11 is 0. The van der Waals surface area contributed by atoms with Gasteiger partial charge in [-0.15, -0.1) is 0 Å². The van der Waals surface area contributed by atoms with E-state index >= 15 is 0 Å². The molecule has 5 heteroatoms. The molecule has 2 aromatic rings. The molecule has 0 aliphatic carbocycles. The molecule has 110 valence electrons. The fourth-order valence-electron chi connectivity index (χ4n) is 2.11. The Bertz CT molecular complexity index is 712. The maximum absolute atomic E-state index is 13.9. The van der Waals surface area contributed by atoms with E-state index in [9.17, 15) is 4.39 Å². The molecule has 0 fully saturated rings. The highest BCUT2D eigenvalue weighted by Gasteiger charge is 2.16. The highest BCUT2D eigenvalue weighted by atomic mass is 19.1. The topological polar surface area (TPSA) is 67.8 Å². The second kappa shape index (κ2) is 5.83. The molecule has 2 rings (SSSR count). The van der Waals surface area contributed by atoms with Gasteiger partial charge in [-0.25, -0.2) is 4.39 Å². The number of ether oxygens (including phenoxy) is 1. The van der Waals surface area contributed by atoms with Gasteiger partial charge < -0.3 is 15.7 Å². The van der Waals surface area contributed by atoms with E-state index in [0.29, 0.717) is 5.75 Å². The average Bonchev–Trinajstić information content (AvgIpc) is 2.43. The van der Waals surface area contributed by atoms with Gasteiger partial charge in [-0.05, 0) is 55.7 Å². The first-order chi connectivity index (χ1) is 9.93. The molecule has 0 aliphatic rings. The molecule has 0 atom stereocenters. The first kappa shape index (κ1) is 14.8. The number of aryl methyl sites for hydroxylation is 2. The highest BCUT2D eigenvalue weighted by Crippen LogP contribution is 2.31. The summed E-state index contributed by atoms with van der Waals surface area (Å²) in [7, 11) is 0. The van der Waals surface area contributed by atoms with Crippen LogP contribution in [-0.2, 0) is 0 Å². The van der Waals surface area contributed by atoms with Gasteiger partial charge >= 0.3 is 0 Å². The lowest BCUT2D eigenvalue weighted by Crippen LogP contribution is -2.16. The van der Waals surface area contributed by atoms with Crippen LogP contribution in [0.25, 0.3) is 0 Å². The van der Waals surface area contributed by atoms with E-state index in [1.165, 1.54) is 12.1 Å². The molecule has 3 N–H and O–H groups in total.